The van der Waals surface area contributed by atoms with Gasteiger partial charge in [0.15, 0.2) is 0 Å². The number of rotatable bonds is 1. The van der Waals surface area contributed by atoms with E-state index in [0.29, 0.717) is 5.96 Å². The summed E-state index contributed by atoms with van der Waals surface area (Å²) in [6, 6.07) is 0.272. The molecule has 60 valence electrons. The Morgan fingerprint density at radius 1 is 1.50 bits per heavy atom. The molecule has 0 amide bonds. The number of aliphatic imine (C=N–C) groups is 1. The van der Waals surface area contributed by atoms with Gasteiger partial charge in [0, 0.05) is 20.1 Å². The van der Waals surface area contributed by atoms with Crippen molar-refractivity contribution in [1.82, 2.24) is 10.3 Å². The molecule has 0 radical (unpaired) electrons. The zero-order valence-corrected chi connectivity index (χ0v) is 7.05. The van der Waals surface area contributed by atoms with E-state index in [1.54, 1.807) is 0 Å². The molecule has 0 fully saturated rings. The SMILES string of the molecule is CC(C)N=C(NN)N(C)C. The molecule has 0 bridgehead atoms. The van der Waals surface area contributed by atoms with Crippen LogP contribution in [0.2, 0.25) is 0 Å². The molecule has 0 aromatic carbocycles. The molecule has 0 saturated carbocycles. The van der Waals surface area contributed by atoms with E-state index in [-0.39, 0.29) is 6.04 Å². The number of hydrogen-bond acceptors (Lipinski definition) is 2. The molecule has 0 heterocycles. The van der Waals surface area contributed by atoms with Crippen LogP contribution in [0.5, 0.6) is 0 Å². The minimum Gasteiger partial charge on any atom is -0.348 e. The van der Waals surface area contributed by atoms with Gasteiger partial charge in [-0.2, -0.15) is 0 Å². The van der Waals surface area contributed by atoms with E-state index in [1.807, 2.05) is 32.8 Å². The standard InChI is InChI=1S/C6H16N4/c1-5(2)8-6(9-7)10(3)4/h5H,7H2,1-4H3,(H,8,9). The van der Waals surface area contributed by atoms with E-state index in [9.17, 15) is 0 Å². The number of guanidine groups is 1. The first-order valence-electron chi connectivity index (χ1n) is 3.29. The molecule has 0 aliphatic heterocycles. The largest absolute Gasteiger partial charge is 0.348 e. The fourth-order valence-electron chi connectivity index (χ4n) is 0.526. The maximum atomic E-state index is 5.20. The number of hydrogen-bond donors (Lipinski definition) is 2. The zero-order valence-electron chi connectivity index (χ0n) is 7.05. The van der Waals surface area contributed by atoms with Crippen LogP contribution in [0.25, 0.3) is 0 Å². The molecule has 0 unspecified atom stereocenters. The van der Waals surface area contributed by atoms with Crippen LogP contribution in [0.3, 0.4) is 0 Å². The van der Waals surface area contributed by atoms with Crippen molar-refractivity contribution in [3.05, 3.63) is 0 Å². The van der Waals surface area contributed by atoms with E-state index >= 15 is 0 Å². The van der Waals surface area contributed by atoms with Crippen molar-refractivity contribution in [3.8, 4) is 0 Å². The van der Waals surface area contributed by atoms with Gasteiger partial charge in [-0.1, -0.05) is 0 Å². The highest BCUT2D eigenvalue weighted by Gasteiger charge is 1.97. The van der Waals surface area contributed by atoms with Crippen molar-refractivity contribution in [2.75, 3.05) is 14.1 Å². The van der Waals surface area contributed by atoms with Crippen LogP contribution in [0.1, 0.15) is 13.8 Å². The maximum absolute atomic E-state index is 5.20. The van der Waals surface area contributed by atoms with E-state index in [1.165, 1.54) is 0 Å². The van der Waals surface area contributed by atoms with E-state index in [4.69, 9.17) is 5.84 Å². The van der Waals surface area contributed by atoms with Crippen molar-refractivity contribution in [2.45, 2.75) is 19.9 Å². The molecular weight excluding hydrogens is 128 g/mol. The van der Waals surface area contributed by atoms with Crippen LogP contribution in [0.15, 0.2) is 4.99 Å². The Bertz CT molecular complexity index is 117. The molecule has 10 heavy (non-hydrogen) atoms. The molecule has 0 aliphatic rings. The number of nitrogens with zero attached hydrogens (tertiary/aromatic N) is 2. The minimum atomic E-state index is 0.272. The highest BCUT2D eigenvalue weighted by Crippen LogP contribution is 1.87. The second kappa shape index (κ2) is 4.11. The summed E-state index contributed by atoms with van der Waals surface area (Å²) in [7, 11) is 3.78. The monoisotopic (exact) mass is 144 g/mol. The van der Waals surface area contributed by atoms with Crippen LogP contribution >= 0.6 is 0 Å². The third-order valence-electron chi connectivity index (χ3n) is 0.933. The van der Waals surface area contributed by atoms with Gasteiger partial charge in [0.2, 0.25) is 5.96 Å². The summed E-state index contributed by atoms with van der Waals surface area (Å²) in [6.45, 7) is 4.00. The van der Waals surface area contributed by atoms with E-state index < -0.39 is 0 Å². The molecule has 0 aromatic heterocycles. The highest BCUT2D eigenvalue weighted by atomic mass is 15.4. The third kappa shape index (κ3) is 3.29. The normalized spacial score (nSPS) is 12.0. The van der Waals surface area contributed by atoms with E-state index in [0.717, 1.165) is 0 Å². The predicted molar refractivity (Wildman–Crippen MR) is 43.6 cm³/mol. The molecule has 0 rings (SSSR count). The smallest absolute Gasteiger partial charge is 0.208 e. The number of nitrogens with one attached hydrogen (secondary N) is 1. The van der Waals surface area contributed by atoms with Gasteiger partial charge in [-0.3, -0.25) is 5.43 Å². The quantitative estimate of drug-likeness (QED) is 0.231. The maximum Gasteiger partial charge on any atom is 0.208 e. The van der Waals surface area contributed by atoms with Gasteiger partial charge in [-0.15, -0.1) is 0 Å². The summed E-state index contributed by atoms with van der Waals surface area (Å²) < 4.78 is 0. The van der Waals surface area contributed by atoms with Crippen LogP contribution in [0.4, 0.5) is 0 Å². The second-order valence-electron chi connectivity index (χ2n) is 2.59. The first-order chi connectivity index (χ1) is 4.57. The third-order valence-corrected chi connectivity index (χ3v) is 0.933. The number of hydrazine groups is 1. The topological polar surface area (TPSA) is 53.6 Å². The Hall–Kier alpha value is -0.770. The lowest BCUT2D eigenvalue weighted by molar-refractivity contribution is 0.577. The highest BCUT2D eigenvalue weighted by molar-refractivity contribution is 5.78. The van der Waals surface area contributed by atoms with Crippen LogP contribution in [-0.2, 0) is 0 Å². The molecule has 0 spiro atoms. The van der Waals surface area contributed by atoms with E-state index in [2.05, 4.69) is 10.4 Å². The number of nitrogens with two attached hydrogens (primary N) is 1. The van der Waals surface area contributed by atoms with Crippen molar-refractivity contribution in [1.29, 1.82) is 0 Å². The van der Waals surface area contributed by atoms with Gasteiger partial charge >= 0.3 is 0 Å². The Morgan fingerprint density at radius 3 is 2.10 bits per heavy atom. The summed E-state index contributed by atoms with van der Waals surface area (Å²) in [5.74, 6) is 5.90. The fraction of sp³-hybridized carbons (Fsp3) is 0.833. The molecule has 4 nitrogen and oxygen atoms in total. The van der Waals surface area contributed by atoms with Crippen molar-refractivity contribution >= 4 is 5.96 Å². The molecule has 0 saturated heterocycles. The predicted octanol–water partition coefficient (Wildman–Crippen LogP) is -0.224. The van der Waals surface area contributed by atoms with Gasteiger partial charge in [0.1, 0.15) is 0 Å². The van der Waals surface area contributed by atoms with Gasteiger partial charge in [-0.25, -0.2) is 10.8 Å². The Labute approximate surface area is 62.1 Å². The summed E-state index contributed by atoms with van der Waals surface area (Å²) >= 11 is 0. The summed E-state index contributed by atoms with van der Waals surface area (Å²) in [4.78, 5) is 6.03. The van der Waals surface area contributed by atoms with Crippen molar-refractivity contribution in [2.24, 2.45) is 10.8 Å². The molecule has 0 aliphatic carbocycles. The summed E-state index contributed by atoms with van der Waals surface area (Å²) in [6.07, 6.45) is 0. The van der Waals surface area contributed by atoms with Crippen LogP contribution < -0.4 is 11.3 Å². The van der Waals surface area contributed by atoms with Gasteiger partial charge in [0.25, 0.3) is 0 Å². The first-order valence-corrected chi connectivity index (χ1v) is 3.29. The van der Waals surface area contributed by atoms with Crippen LogP contribution in [-0.4, -0.2) is 31.0 Å². The Morgan fingerprint density at radius 2 is 2.00 bits per heavy atom. The Kier molecular flexibility index (Phi) is 3.79. The lowest BCUT2D eigenvalue weighted by Gasteiger charge is -2.15. The minimum absolute atomic E-state index is 0.272. The second-order valence-corrected chi connectivity index (χ2v) is 2.59. The summed E-state index contributed by atoms with van der Waals surface area (Å²) in [5.41, 5.74) is 2.51. The lowest BCUT2D eigenvalue weighted by atomic mass is 10.4. The lowest BCUT2D eigenvalue weighted by Crippen LogP contribution is -2.41. The zero-order chi connectivity index (χ0) is 8.15. The Balaban J connectivity index is 4.04. The summed E-state index contributed by atoms with van der Waals surface area (Å²) in [5, 5.41) is 0. The average Bonchev–Trinajstić information content (AvgIpc) is 1.81. The average molecular weight is 144 g/mol. The molecular formula is C6H16N4. The fourth-order valence-corrected chi connectivity index (χ4v) is 0.526. The van der Waals surface area contributed by atoms with Gasteiger partial charge < -0.3 is 4.90 Å². The molecule has 0 atom stereocenters. The molecule has 0 aromatic rings. The van der Waals surface area contributed by atoms with Gasteiger partial charge in [-0.05, 0) is 13.8 Å². The van der Waals surface area contributed by atoms with Crippen molar-refractivity contribution in [3.63, 3.8) is 0 Å². The first kappa shape index (κ1) is 9.23. The van der Waals surface area contributed by atoms with Crippen molar-refractivity contribution < 1.29 is 0 Å². The van der Waals surface area contributed by atoms with Gasteiger partial charge in [0.05, 0.1) is 0 Å². The molecule has 4 heteroatoms. The van der Waals surface area contributed by atoms with Crippen LogP contribution in [0, 0.1) is 0 Å². The molecule has 3 N–H and O–H groups in total.